The summed E-state index contributed by atoms with van der Waals surface area (Å²) < 4.78 is 5.00. The minimum absolute atomic E-state index is 0.242. The number of hydrogen-bond donors (Lipinski definition) is 1. The van der Waals surface area contributed by atoms with E-state index in [0.717, 1.165) is 32.7 Å². The van der Waals surface area contributed by atoms with Gasteiger partial charge in [-0.15, -0.1) is 0 Å². The van der Waals surface area contributed by atoms with Crippen molar-refractivity contribution >= 4 is 5.97 Å². The molecule has 1 aromatic carbocycles. The number of nitrogens with zero attached hydrogens (tertiary/aromatic N) is 1. The Morgan fingerprint density at radius 1 is 1.30 bits per heavy atom. The molecule has 0 aromatic heterocycles. The van der Waals surface area contributed by atoms with Crippen LogP contribution in [0.2, 0.25) is 0 Å². The number of nitrogens with one attached hydrogen (secondary N) is 1. The third kappa shape index (κ3) is 4.05. The van der Waals surface area contributed by atoms with Crippen LogP contribution < -0.4 is 5.32 Å². The summed E-state index contributed by atoms with van der Waals surface area (Å²) in [5.41, 5.74) is 1.90. The normalized spacial score (nSPS) is 17.7. The minimum atomic E-state index is -0.242. The Morgan fingerprint density at radius 3 is 2.55 bits per heavy atom. The highest BCUT2D eigenvalue weighted by atomic mass is 16.5. The predicted octanol–water partition coefficient (Wildman–Crippen LogP) is 1.87. The maximum absolute atomic E-state index is 11.6. The van der Waals surface area contributed by atoms with Crippen LogP contribution in [0.4, 0.5) is 0 Å². The highest BCUT2D eigenvalue weighted by Crippen LogP contribution is 2.18. The molecular formula is C16H24N2O2. The Bertz CT molecular complexity index is 425. The fourth-order valence-corrected chi connectivity index (χ4v) is 2.55. The van der Waals surface area contributed by atoms with E-state index in [4.69, 9.17) is 4.74 Å². The highest BCUT2D eigenvalue weighted by molar-refractivity contribution is 5.89. The van der Waals surface area contributed by atoms with Crippen molar-refractivity contribution in [2.75, 3.05) is 39.3 Å². The summed E-state index contributed by atoms with van der Waals surface area (Å²) in [4.78, 5) is 14.1. The van der Waals surface area contributed by atoms with Crippen molar-refractivity contribution in [2.24, 2.45) is 0 Å². The van der Waals surface area contributed by atoms with Gasteiger partial charge in [0.15, 0.2) is 0 Å². The van der Waals surface area contributed by atoms with Crippen LogP contribution in [0.25, 0.3) is 0 Å². The molecule has 1 heterocycles. The van der Waals surface area contributed by atoms with Gasteiger partial charge < -0.3 is 15.0 Å². The zero-order valence-corrected chi connectivity index (χ0v) is 12.4. The van der Waals surface area contributed by atoms with Crippen molar-refractivity contribution in [3.8, 4) is 0 Å². The Labute approximate surface area is 121 Å². The van der Waals surface area contributed by atoms with Crippen molar-refractivity contribution in [1.29, 1.82) is 0 Å². The highest BCUT2D eigenvalue weighted by Gasteiger charge is 2.15. The molecule has 1 aromatic rings. The van der Waals surface area contributed by atoms with E-state index >= 15 is 0 Å². The van der Waals surface area contributed by atoms with E-state index in [1.165, 1.54) is 5.56 Å². The fraction of sp³-hybridized carbons (Fsp3) is 0.562. The van der Waals surface area contributed by atoms with E-state index in [9.17, 15) is 4.79 Å². The summed E-state index contributed by atoms with van der Waals surface area (Å²) in [5, 5.41) is 3.37. The number of carbonyl (C=O) groups excluding carboxylic acids is 1. The topological polar surface area (TPSA) is 41.6 Å². The molecule has 1 aliphatic heterocycles. The number of esters is 1. The number of ether oxygens (including phenoxy) is 1. The lowest BCUT2D eigenvalue weighted by molar-refractivity contribution is 0.0526. The van der Waals surface area contributed by atoms with E-state index in [-0.39, 0.29) is 5.97 Å². The zero-order chi connectivity index (χ0) is 14.4. The second-order valence-electron chi connectivity index (χ2n) is 5.29. The lowest BCUT2D eigenvalue weighted by Gasteiger charge is -2.29. The molecule has 20 heavy (non-hydrogen) atoms. The second kappa shape index (κ2) is 7.41. The van der Waals surface area contributed by atoms with Gasteiger partial charge in [0.1, 0.15) is 0 Å². The number of benzene rings is 1. The van der Waals surface area contributed by atoms with Crippen LogP contribution in [0.15, 0.2) is 24.3 Å². The van der Waals surface area contributed by atoms with Crippen LogP contribution in [0.1, 0.15) is 35.7 Å². The number of piperazine rings is 1. The molecule has 0 aliphatic carbocycles. The second-order valence-corrected chi connectivity index (χ2v) is 5.29. The Kier molecular flexibility index (Phi) is 5.56. The first-order valence-electron chi connectivity index (χ1n) is 7.41. The van der Waals surface area contributed by atoms with Crippen molar-refractivity contribution in [3.63, 3.8) is 0 Å². The summed E-state index contributed by atoms with van der Waals surface area (Å²) in [5.74, 6) is 0.234. The average Bonchev–Trinajstić information content (AvgIpc) is 2.48. The molecule has 110 valence electrons. The predicted molar refractivity (Wildman–Crippen MR) is 80.1 cm³/mol. The van der Waals surface area contributed by atoms with Gasteiger partial charge in [0.2, 0.25) is 0 Å². The first-order chi connectivity index (χ1) is 9.70. The molecule has 4 heteroatoms. The van der Waals surface area contributed by atoms with Crippen LogP contribution in [0.5, 0.6) is 0 Å². The lowest BCUT2D eigenvalue weighted by Crippen LogP contribution is -2.44. The van der Waals surface area contributed by atoms with E-state index in [1.807, 2.05) is 31.2 Å². The van der Waals surface area contributed by atoms with Gasteiger partial charge in [0.25, 0.3) is 0 Å². The summed E-state index contributed by atoms with van der Waals surface area (Å²) >= 11 is 0. The largest absolute Gasteiger partial charge is 0.462 e. The molecule has 1 saturated heterocycles. The van der Waals surface area contributed by atoms with Gasteiger partial charge in [0, 0.05) is 32.7 Å². The molecule has 0 saturated carbocycles. The molecule has 1 fully saturated rings. The van der Waals surface area contributed by atoms with Gasteiger partial charge in [-0.1, -0.05) is 19.1 Å². The SMILES string of the molecule is CCOC(=O)c1ccc(C(C)CN2CCNCC2)cc1. The zero-order valence-electron chi connectivity index (χ0n) is 12.4. The third-order valence-corrected chi connectivity index (χ3v) is 3.73. The summed E-state index contributed by atoms with van der Waals surface area (Å²) in [6.45, 7) is 9.93. The summed E-state index contributed by atoms with van der Waals surface area (Å²) in [6, 6.07) is 7.81. The first-order valence-corrected chi connectivity index (χ1v) is 7.41. The number of rotatable bonds is 5. The van der Waals surface area contributed by atoms with Gasteiger partial charge in [-0.25, -0.2) is 4.79 Å². The van der Waals surface area contributed by atoms with Gasteiger partial charge in [-0.3, -0.25) is 0 Å². The molecule has 0 radical (unpaired) electrons. The summed E-state index contributed by atoms with van der Waals surface area (Å²) in [6.07, 6.45) is 0. The fourth-order valence-electron chi connectivity index (χ4n) is 2.55. The van der Waals surface area contributed by atoms with Crippen molar-refractivity contribution in [1.82, 2.24) is 10.2 Å². The molecule has 4 nitrogen and oxygen atoms in total. The monoisotopic (exact) mass is 276 g/mol. The van der Waals surface area contributed by atoms with Gasteiger partial charge in [-0.05, 0) is 30.5 Å². The molecule has 0 spiro atoms. The smallest absolute Gasteiger partial charge is 0.338 e. The lowest BCUT2D eigenvalue weighted by atomic mass is 9.99. The number of hydrogen-bond acceptors (Lipinski definition) is 4. The van der Waals surface area contributed by atoms with Crippen molar-refractivity contribution in [2.45, 2.75) is 19.8 Å². The van der Waals surface area contributed by atoms with E-state index in [2.05, 4.69) is 17.1 Å². The van der Waals surface area contributed by atoms with Crippen LogP contribution in [0, 0.1) is 0 Å². The van der Waals surface area contributed by atoms with Gasteiger partial charge in [0.05, 0.1) is 12.2 Å². The van der Waals surface area contributed by atoms with Crippen LogP contribution in [-0.2, 0) is 4.74 Å². The Morgan fingerprint density at radius 2 is 1.95 bits per heavy atom. The van der Waals surface area contributed by atoms with Crippen LogP contribution in [-0.4, -0.2) is 50.2 Å². The quantitative estimate of drug-likeness (QED) is 0.834. The van der Waals surface area contributed by atoms with Crippen molar-refractivity contribution < 1.29 is 9.53 Å². The maximum Gasteiger partial charge on any atom is 0.338 e. The van der Waals surface area contributed by atoms with Crippen LogP contribution >= 0.6 is 0 Å². The Balaban J connectivity index is 1.92. The molecule has 1 unspecified atom stereocenters. The maximum atomic E-state index is 11.6. The molecule has 0 amide bonds. The average molecular weight is 276 g/mol. The van der Waals surface area contributed by atoms with E-state index in [0.29, 0.717) is 18.1 Å². The van der Waals surface area contributed by atoms with E-state index in [1.54, 1.807) is 0 Å². The van der Waals surface area contributed by atoms with Crippen molar-refractivity contribution in [3.05, 3.63) is 35.4 Å². The first kappa shape index (κ1) is 15.0. The molecule has 2 rings (SSSR count). The summed E-state index contributed by atoms with van der Waals surface area (Å²) in [7, 11) is 0. The molecule has 1 atom stereocenters. The van der Waals surface area contributed by atoms with E-state index < -0.39 is 0 Å². The van der Waals surface area contributed by atoms with Crippen LogP contribution in [0.3, 0.4) is 0 Å². The number of carbonyl (C=O) groups is 1. The molecule has 1 N–H and O–H groups in total. The standard InChI is InChI=1S/C16H24N2O2/c1-3-20-16(19)15-6-4-14(5-7-15)13(2)12-18-10-8-17-9-11-18/h4-7,13,17H,3,8-12H2,1-2H3. The molecular weight excluding hydrogens is 252 g/mol. The third-order valence-electron chi connectivity index (χ3n) is 3.73. The molecule has 1 aliphatic rings. The van der Waals surface area contributed by atoms with Gasteiger partial charge in [-0.2, -0.15) is 0 Å². The minimum Gasteiger partial charge on any atom is -0.462 e. The van der Waals surface area contributed by atoms with Gasteiger partial charge >= 0.3 is 5.97 Å². The Hall–Kier alpha value is -1.39. The molecule has 0 bridgehead atoms.